The molecule has 10 heteroatoms. The Morgan fingerprint density at radius 3 is 2.70 bits per heavy atom. The smallest absolute Gasteiger partial charge is 0.376 e. The predicted octanol–water partition coefficient (Wildman–Crippen LogP) is 0.874. The number of benzene rings is 1. The van der Waals surface area contributed by atoms with E-state index in [1.165, 1.54) is 23.4 Å². The molecule has 1 aliphatic heterocycles. The summed E-state index contributed by atoms with van der Waals surface area (Å²) in [6, 6.07) is 4.24. The number of tetrazole rings is 1. The van der Waals surface area contributed by atoms with Crippen LogP contribution in [-0.2, 0) is 10.9 Å². The molecule has 3 rings (SSSR count). The standard InChI is InChI=1S/C13H13F3N5O2/c14-13(15,16)10-2-1-3-11(8-10)20-9-21(18-17-20)12(22)19-4-6-23-7-5-19/h1-3,8-9H,4-7H2/q+1. The Hall–Kier alpha value is -2.49. The number of rotatable bonds is 1. The van der Waals surface area contributed by atoms with E-state index in [2.05, 4.69) is 10.4 Å². The normalized spacial score (nSPS) is 15.7. The molecule has 0 N–H and O–H groups in total. The minimum Gasteiger partial charge on any atom is -0.376 e. The summed E-state index contributed by atoms with van der Waals surface area (Å²) in [5.41, 5.74) is -0.627. The zero-order chi connectivity index (χ0) is 16.4. The molecule has 0 saturated carbocycles. The highest BCUT2D eigenvalue weighted by molar-refractivity contribution is 5.64. The number of halogens is 3. The van der Waals surface area contributed by atoms with Crippen LogP contribution in [0.25, 0.3) is 5.69 Å². The Morgan fingerprint density at radius 2 is 2.00 bits per heavy atom. The number of morpholine rings is 1. The van der Waals surface area contributed by atoms with Gasteiger partial charge in [-0.15, -0.1) is 0 Å². The summed E-state index contributed by atoms with van der Waals surface area (Å²) < 4.78 is 45.5. The van der Waals surface area contributed by atoms with Crippen molar-refractivity contribution < 1.29 is 27.4 Å². The van der Waals surface area contributed by atoms with Crippen molar-refractivity contribution in [3.05, 3.63) is 36.2 Å². The lowest BCUT2D eigenvalue weighted by Gasteiger charge is -2.21. The van der Waals surface area contributed by atoms with Gasteiger partial charge in [-0.1, -0.05) is 15.4 Å². The lowest BCUT2D eigenvalue weighted by atomic mass is 10.2. The van der Waals surface area contributed by atoms with Gasteiger partial charge in [-0.3, -0.25) is 4.90 Å². The summed E-state index contributed by atoms with van der Waals surface area (Å²) in [5.74, 6) is 0. The second-order valence-electron chi connectivity index (χ2n) is 4.91. The number of hydrogen-bond acceptors (Lipinski definition) is 4. The number of ether oxygens (including phenoxy) is 1. The van der Waals surface area contributed by atoms with Gasteiger partial charge in [0.1, 0.15) is 10.9 Å². The molecule has 1 amide bonds. The van der Waals surface area contributed by atoms with E-state index in [1.807, 2.05) is 0 Å². The van der Waals surface area contributed by atoms with Gasteiger partial charge in [-0.2, -0.15) is 13.2 Å². The molecule has 0 spiro atoms. The van der Waals surface area contributed by atoms with E-state index >= 15 is 0 Å². The first-order valence-electron chi connectivity index (χ1n) is 6.84. The van der Waals surface area contributed by atoms with Gasteiger partial charge in [-0.25, -0.2) is 4.79 Å². The third-order valence-electron chi connectivity index (χ3n) is 3.37. The van der Waals surface area contributed by atoms with Gasteiger partial charge < -0.3 is 4.74 Å². The molecular formula is C13H13F3N5O2+. The second kappa shape index (κ2) is 5.95. The average molecular weight is 328 g/mol. The lowest BCUT2D eigenvalue weighted by molar-refractivity contribution is -0.643. The average Bonchev–Trinajstić information content (AvgIpc) is 3.04. The highest BCUT2D eigenvalue weighted by Crippen LogP contribution is 2.29. The van der Waals surface area contributed by atoms with Crippen molar-refractivity contribution in [2.24, 2.45) is 0 Å². The maximum atomic E-state index is 12.7. The van der Waals surface area contributed by atoms with Crippen molar-refractivity contribution in [1.29, 1.82) is 0 Å². The Balaban J connectivity index is 1.83. The van der Waals surface area contributed by atoms with Crippen LogP contribution in [0.15, 0.2) is 30.6 Å². The highest BCUT2D eigenvalue weighted by Gasteiger charge is 2.31. The number of amides is 1. The fraction of sp³-hybridized carbons (Fsp3) is 0.385. The van der Waals surface area contributed by atoms with Crippen LogP contribution in [0.3, 0.4) is 0 Å². The first kappa shape index (κ1) is 15.4. The van der Waals surface area contributed by atoms with Crippen molar-refractivity contribution in [1.82, 2.24) is 20.0 Å². The molecule has 23 heavy (non-hydrogen) atoms. The number of alkyl halides is 3. The largest absolute Gasteiger partial charge is 0.435 e. The molecule has 0 aliphatic carbocycles. The summed E-state index contributed by atoms with van der Waals surface area (Å²) in [7, 11) is 0. The molecule has 7 nitrogen and oxygen atoms in total. The van der Waals surface area contributed by atoms with E-state index in [0.717, 1.165) is 21.5 Å². The van der Waals surface area contributed by atoms with Gasteiger partial charge in [0.2, 0.25) is 6.33 Å². The number of carbonyl (C=O) groups is 1. The molecule has 1 aliphatic rings. The summed E-state index contributed by atoms with van der Waals surface area (Å²) in [6.45, 7) is 1.74. The van der Waals surface area contributed by atoms with E-state index in [4.69, 9.17) is 4.74 Å². The van der Waals surface area contributed by atoms with Crippen LogP contribution in [0.5, 0.6) is 0 Å². The predicted molar refractivity (Wildman–Crippen MR) is 69.7 cm³/mol. The number of nitrogens with zero attached hydrogens (tertiary/aromatic N) is 5. The van der Waals surface area contributed by atoms with Gasteiger partial charge in [0, 0.05) is 0 Å². The molecule has 0 unspecified atom stereocenters. The van der Waals surface area contributed by atoms with Gasteiger partial charge >= 0.3 is 12.2 Å². The summed E-state index contributed by atoms with van der Waals surface area (Å²) >= 11 is 0. The second-order valence-corrected chi connectivity index (χ2v) is 4.91. The fourth-order valence-electron chi connectivity index (χ4n) is 2.17. The Kier molecular flexibility index (Phi) is 3.99. The van der Waals surface area contributed by atoms with Crippen molar-refractivity contribution in [3.63, 3.8) is 0 Å². The SMILES string of the molecule is O=C(N1CCOCC1)[n+]1cn(-c2cccc(C(F)(F)F)c2)nn1. The maximum absolute atomic E-state index is 12.7. The topological polar surface area (TPSA) is 64.1 Å². The van der Waals surface area contributed by atoms with Crippen LogP contribution in [0.1, 0.15) is 5.56 Å². The first-order chi connectivity index (χ1) is 10.9. The monoisotopic (exact) mass is 328 g/mol. The molecule has 2 aromatic rings. The molecule has 2 heterocycles. The third-order valence-corrected chi connectivity index (χ3v) is 3.37. The van der Waals surface area contributed by atoms with Crippen LogP contribution in [0.4, 0.5) is 18.0 Å². The van der Waals surface area contributed by atoms with E-state index in [-0.39, 0.29) is 5.69 Å². The van der Waals surface area contributed by atoms with Gasteiger partial charge in [0.25, 0.3) is 0 Å². The van der Waals surface area contributed by atoms with Crippen molar-refractivity contribution in [2.45, 2.75) is 6.18 Å². The number of hydrogen-bond donors (Lipinski definition) is 0. The maximum Gasteiger partial charge on any atom is 0.435 e. The molecule has 1 saturated heterocycles. The Morgan fingerprint density at radius 1 is 1.26 bits per heavy atom. The van der Waals surface area contributed by atoms with Crippen molar-refractivity contribution >= 4 is 6.03 Å². The van der Waals surface area contributed by atoms with Crippen molar-refractivity contribution in [3.8, 4) is 5.69 Å². The third kappa shape index (κ3) is 3.31. The minimum absolute atomic E-state index is 0.167. The van der Waals surface area contributed by atoms with Crippen LogP contribution >= 0.6 is 0 Å². The Bertz CT molecular complexity index is 710. The summed E-state index contributed by atoms with van der Waals surface area (Å²) in [5, 5.41) is 7.38. The summed E-state index contributed by atoms with van der Waals surface area (Å²) in [4.78, 5) is 13.7. The highest BCUT2D eigenvalue weighted by atomic mass is 19.4. The fourth-order valence-corrected chi connectivity index (χ4v) is 2.17. The number of aromatic nitrogens is 4. The quantitative estimate of drug-likeness (QED) is 0.576. The van der Waals surface area contributed by atoms with Crippen molar-refractivity contribution in [2.75, 3.05) is 26.3 Å². The number of carbonyl (C=O) groups excluding carboxylic acids is 1. The minimum atomic E-state index is -4.45. The first-order valence-corrected chi connectivity index (χ1v) is 6.84. The molecule has 1 aromatic carbocycles. The van der Waals surface area contributed by atoms with E-state index in [0.29, 0.717) is 26.3 Å². The molecule has 0 atom stereocenters. The van der Waals surface area contributed by atoms with Crippen LogP contribution in [-0.4, -0.2) is 52.3 Å². The molecular weight excluding hydrogens is 315 g/mol. The molecule has 122 valence electrons. The summed E-state index contributed by atoms with van der Waals surface area (Å²) in [6.07, 6.45) is -3.20. The zero-order valence-electron chi connectivity index (χ0n) is 11.9. The molecule has 0 bridgehead atoms. The van der Waals surface area contributed by atoms with E-state index in [1.54, 1.807) is 0 Å². The molecule has 1 aromatic heterocycles. The zero-order valence-corrected chi connectivity index (χ0v) is 11.9. The van der Waals surface area contributed by atoms with Gasteiger partial charge in [0.15, 0.2) is 0 Å². The Labute approximate surface area is 128 Å². The van der Waals surface area contributed by atoms with E-state index in [9.17, 15) is 18.0 Å². The molecule has 0 radical (unpaired) electrons. The van der Waals surface area contributed by atoms with Gasteiger partial charge in [-0.05, 0) is 18.2 Å². The lowest BCUT2D eigenvalue weighted by Crippen LogP contribution is -2.56. The van der Waals surface area contributed by atoms with Gasteiger partial charge in [0.05, 0.1) is 37.1 Å². The van der Waals surface area contributed by atoms with E-state index < -0.39 is 17.8 Å². The van der Waals surface area contributed by atoms with Crippen LogP contribution < -0.4 is 4.68 Å². The van der Waals surface area contributed by atoms with Crippen LogP contribution in [0.2, 0.25) is 0 Å². The van der Waals surface area contributed by atoms with Crippen LogP contribution in [0, 0.1) is 0 Å². The molecule has 1 fully saturated rings.